The Hall–Kier alpha value is -1.35. The van der Waals surface area contributed by atoms with Gasteiger partial charge in [0.25, 0.3) is 0 Å². The fourth-order valence-electron chi connectivity index (χ4n) is 1.16. The highest BCUT2D eigenvalue weighted by molar-refractivity contribution is 5.77. The first-order chi connectivity index (χ1) is 6.75. The molecule has 1 aromatic rings. The van der Waals surface area contributed by atoms with Crippen molar-refractivity contribution in [3.8, 4) is 0 Å². The van der Waals surface area contributed by atoms with Gasteiger partial charge in [0.2, 0.25) is 0 Å². The lowest BCUT2D eigenvalue weighted by Gasteiger charge is -2.10. The fourth-order valence-corrected chi connectivity index (χ4v) is 1.16. The van der Waals surface area contributed by atoms with Crippen LogP contribution in [0.4, 0.5) is 0 Å². The average Bonchev–Trinajstić information content (AvgIpc) is 2.26. The summed E-state index contributed by atoms with van der Waals surface area (Å²) in [5.41, 5.74) is 6.21. The van der Waals surface area contributed by atoms with E-state index in [1.807, 2.05) is 37.3 Å². The van der Waals surface area contributed by atoms with E-state index in [9.17, 15) is 4.79 Å². The standard InChI is InChI=1S/C11H15NO2/c1-9(11(13)14-8-7-12)10-5-3-2-4-6-10/h2-6,9H,7-8,12H2,1H3. The largest absolute Gasteiger partial charge is 0.464 e. The normalized spacial score (nSPS) is 12.1. The van der Waals surface area contributed by atoms with Gasteiger partial charge >= 0.3 is 5.97 Å². The van der Waals surface area contributed by atoms with Gasteiger partial charge in [-0.2, -0.15) is 0 Å². The molecule has 0 bridgehead atoms. The fraction of sp³-hybridized carbons (Fsp3) is 0.364. The summed E-state index contributed by atoms with van der Waals surface area (Å²) in [5, 5.41) is 0. The first kappa shape index (κ1) is 10.7. The number of esters is 1. The molecule has 2 N–H and O–H groups in total. The third-order valence-electron chi connectivity index (χ3n) is 2.02. The molecule has 76 valence electrons. The minimum absolute atomic E-state index is 0.220. The van der Waals surface area contributed by atoms with E-state index in [2.05, 4.69) is 0 Å². The molecule has 1 atom stereocenters. The highest BCUT2D eigenvalue weighted by atomic mass is 16.5. The van der Waals surface area contributed by atoms with E-state index in [4.69, 9.17) is 10.5 Å². The molecule has 0 aromatic heterocycles. The minimum Gasteiger partial charge on any atom is -0.464 e. The molecular weight excluding hydrogens is 178 g/mol. The molecule has 0 heterocycles. The van der Waals surface area contributed by atoms with Gasteiger partial charge in [-0.15, -0.1) is 0 Å². The van der Waals surface area contributed by atoms with E-state index in [1.54, 1.807) is 0 Å². The molecule has 0 aliphatic heterocycles. The van der Waals surface area contributed by atoms with Crippen LogP contribution >= 0.6 is 0 Å². The second-order valence-electron chi connectivity index (χ2n) is 3.09. The predicted molar refractivity (Wildman–Crippen MR) is 54.9 cm³/mol. The van der Waals surface area contributed by atoms with Crippen LogP contribution < -0.4 is 5.73 Å². The smallest absolute Gasteiger partial charge is 0.313 e. The van der Waals surface area contributed by atoms with Gasteiger partial charge in [-0.1, -0.05) is 30.3 Å². The maximum Gasteiger partial charge on any atom is 0.313 e. The van der Waals surface area contributed by atoms with Gasteiger partial charge in [0.05, 0.1) is 5.92 Å². The zero-order valence-corrected chi connectivity index (χ0v) is 8.27. The van der Waals surface area contributed by atoms with Gasteiger partial charge in [-0.25, -0.2) is 0 Å². The summed E-state index contributed by atoms with van der Waals surface area (Å²) in [4.78, 5) is 11.4. The second-order valence-corrected chi connectivity index (χ2v) is 3.09. The third kappa shape index (κ3) is 2.85. The molecule has 0 radical (unpaired) electrons. The lowest BCUT2D eigenvalue weighted by Crippen LogP contribution is -2.18. The van der Waals surface area contributed by atoms with Crippen LogP contribution in [0.15, 0.2) is 30.3 Å². The number of ether oxygens (including phenoxy) is 1. The van der Waals surface area contributed by atoms with E-state index in [0.29, 0.717) is 6.54 Å². The summed E-state index contributed by atoms with van der Waals surface area (Å²) in [6.07, 6.45) is 0. The predicted octanol–water partition coefficient (Wildman–Crippen LogP) is 1.29. The monoisotopic (exact) mass is 193 g/mol. The number of rotatable bonds is 4. The zero-order chi connectivity index (χ0) is 10.4. The average molecular weight is 193 g/mol. The van der Waals surface area contributed by atoms with Crippen LogP contribution in [-0.2, 0) is 9.53 Å². The van der Waals surface area contributed by atoms with Gasteiger partial charge in [-0.05, 0) is 12.5 Å². The summed E-state index contributed by atoms with van der Waals surface area (Å²) < 4.78 is 4.94. The van der Waals surface area contributed by atoms with E-state index < -0.39 is 0 Å². The summed E-state index contributed by atoms with van der Waals surface area (Å²) in [5.74, 6) is -0.440. The van der Waals surface area contributed by atoms with E-state index in [0.717, 1.165) is 5.56 Å². The molecule has 0 saturated carbocycles. The Bertz CT molecular complexity index is 285. The minimum atomic E-state index is -0.221. The Labute approximate surface area is 83.9 Å². The number of nitrogens with two attached hydrogens (primary N) is 1. The van der Waals surface area contributed by atoms with Gasteiger partial charge in [0, 0.05) is 6.54 Å². The first-order valence-electron chi connectivity index (χ1n) is 4.67. The molecule has 0 aliphatic carbocycles. The van der Waals surface area contributed by atoms with Crippen LogP contribution in [0.2, 0.25) is 0 Å². The number of hydrogen-bond acceptors (Lipinski definition) is 3. The van der Waals surface area contributed by atoms with Crippen molar-refractivity contribution in [3.05, 3.63) is 35.9 Å². The van der Waals surface area contributed by atoms with Crippen LogP contribution in [0, 0.1) is 0 Å². The highest BCUT2D eigenvalue weighted by Gasteiger charge is 2.15. The summed E-state index contributed by atoms with van der Waals surface area (Å²) in [6.45, 7) is 2.48. The molecule has 1 aromatic carbocycles. The lowest BCUT2D eigenvalue weighted by atomic mass is 10.0. The van der Waals surface area contributed by atoms with Crippen molar-refractivity contribution in [2.45, 2.75) is 12.8 Å². The molecule has 0 fully saturated rings. The maximum absolute atomic E-state index is 11.4. The second kappa shape index (κ2) is 5.40. The molecule has 0 spiro atoms. The summed E-state index contributed by atoms with van der Waals surface area (Å²) in [7, 11) is 0. The van der Waals surface area contributed by atoms with Crippen LogP contribution in [0.3, 0.4) is 0 Å². The van der Waals surface area contributed by atoms with Crippen LogP contribution in [0.25, 0.3) is 0 Å². The van der Waals surface area contributed by atoms with Gasteiger partial charge in [0.15, 0.2) is 0 Å². The van der Waals surface area contributed by atoms with Crippen LogP contribution in [0.1, 0.15) is 18.4 Å². The Kier molecular flexibility index (Phi) is 4.13. The summed E-state index contributed by atoms with van der Waals surface area (Å²) >= 11 is 0. The van der Waals surface area contributed by atoms with E-state index >= 15 is 0 Å². The number of hydrogen-bond donors (Lipinski definition) is 1. The number of benzene rings is 1. The van der Waals surface area contributed by atoms with Crippen molar-refractivity contribution >= 4 is 5.97 Å². The number of carbonyl (C=O) groups is 1. The summed E-state index contributed by atoms with van der Waals surface area (Å²) in [6, 6.07) is 9.55. The van der Waals surface area contributed by atoms with Crippen LogP contribution in [0.5, 0.6) is 0 Å². The lowest BCUT2D eigenvalue weighted by molar-refractivity contribution is -0.144. The Morgan fingerprint density at radius 2 is 2.07 bits per heavy atom. The topological polar surface area (TPSA) is 52.3 Å². The van der Waals surface area contributed by atoms with Crippen molar-refractivity contribution in [1.82, 2.24) is 0 Å². The van der Waals surface area contributed by atoms with Crippen molar-refractivity contribution in [2.75, 3.05) is 13.2 Å². The quantitative estimate of drug-likeness (QED) is 0.733. The highest BCUT2D eigenvalue weighted by Crippen LogP contribution is 2.15. The molecule has 1 unspecified atom stereocenters. The molecule has 0 amide bonds. The van der Waals surface area contributed by atoms with Gasteiger partial charge in [-0.3, -0.25) is 4.79 Å². The molecule has 1 rings (SSSR count). The van der Waals surface area contributed by atoms with Gasteiger partial charge < -0.3 is 10.5 Å². The first-order valence-corrected chi connectivity index (χ1v) is 4.67. The third-order valence-corrected chi connectivity index (χ3v) is 2.02. The van der Waals surface area contributed by atoms with E-state index in [1.165, 1.54) is 0 Å². The SMILES string of the molecule is CC(C(=O)OCCN)c1ccccc1. The Morgan fingerprint density at radius 1 is 1.43 bits per heavy atom. The van der Waals surface area contributed by atoms with Crippen LogP contribution in [-0.4, -0.2) is 19.1 Å². The van der Waals surface area contributed by atoms with Crippen molar-refractivity contribution < 1.29 is 9.53 Å². The van der Waals surface area contributed by atoms with Crippen molar-refractivity contribution in [1.29, 1.82) is 0 Å². The zero-order valence-electron chi connectivity index (χ0n) is 8.27. The van der Waals surface area contributed by atoms with Crippen molar-refractivity contribution in [2.24, 2.45) is 5.73 Å². The van der Waals surface area contributed by atoms with E-state index in [-0.39, 0.29) is 18.5 Å². The molecule has 0 saturated heterocycles. The van der Waals surface area contributed by atoms with Gasteiger partial charge in [0.1, 0.15) is 6.61 Å². The molecule has 3 heteroatoms. The molecule has 3 nitrogen and oxygen atoms in total. The molecular formula is C11H15NO2. The Morgan fingerprint density at radius 3 is 2.64 bits per heavy atom. The maximum atomic E-state index is 11.4. The number of carbonyl (C=O) groups excluding carboxylic acids is 1. The molecule has 0 aliphatic rings. The molecule has 14 heavy (non-hydrogen) atoms. The van der Waals surface area contributed by atoms with Crippen molar-refractivity contribution in [3.63, 3.8) is 0 Å². The Balaban J connectivity index is 2.57.